The average Bonchev–Trinajstić information content (AvgIpc) is 3.38. The minimum Gasteiger partial charge on any atom is -0.379 e. The van der Waals surface area contributed by atoms with E-state index in [9.17, 15) is 0 Å². The van der Waals surface area contributed by atoms with Crippen LogP contribution in [0.4, 0.5) is 0 Å². The van der Waals surface area contributed by atoms with Crippen molar-refractivity contribution in [1.82, 2.24) is 15.2 Å². The zero-order valence-corrected chi connectivity index (χ0v) is 16.5. The predicted octanol–water partition coefficient (Wildman–Crippen LogP) is 3.63. The lowest BCUT2D eigenvalue weighted by Gasteiger charge is -2.21. The van der Waals surface area contributed by atoms with Crippen LogP contribution in [0.1, 0.15) is 24.8 Å². The van der Waals surface area contributed by atoms with E-state index in [1.54, 1.807) is 11.3 Å². The van der Waals surface area contributed by atoms with E-state index in [4.69, 9.17) is 14.7 Å². The van der Waals surface area contributed by atoms with Gasteiger partial charge in [-0.1, -0.05) is 30.3 Å². The van der Waals surface area contributed by atoms with Gasteiger partial charge in [0.15, 0.2) is 5.96 Å². The molecule has 0 spiro atoms. The van der Waals surface area contributed by atoms with Crippen molar-refractivity contribution < 1.29 is 4.74 Å². The lowest BCUT2D eigenvalue weighted by molar-refractivity contribution is 0.115. The third-order valence-corrected chi connectivity index (χ3v) is 5.14. The standard InChI is InChI=1S/C20H28N4OS/c1-3-21-20(24(2)11-12-25-14-16-9-10-16)22-13-19-23-18(15-26-19)17-7-5-4-6-8-17/h4-8,15-16H,3,9-14H2,1-2H3,(H,21,22). The van der Waals surface area contributed by atoms with Gasteiger partial charge in [-0.2, -0.15) is 0 Å². The fraction of sp³-hybridized carbons (Fsp3) is 0.500. The smallest absolute Gasteiger partial charge is 0.194 e. The van der Waals surface area contributed by atoms with Gasteiger partial charge in [0.05, 0.1) is 18.8 Å². The summed E-state index contributed by atoms with van der Waals surface area (Å²) in [5, 5.41) is 6.48. The van der Waals surface area contributed by atoms with Gasteiger partial charge in [-0.3, -0.25) is 0 Å². The van der Waals surface area contributed by atoms with Gasteiger partial charge in [0, 0.05) is 37.7 Å². The molecule has 0 bridgehead atoms. The minimum absolute atomic E-state index is 0.590. The van der Waals surface area contributed by atoms with Gasteiger partial charge in [-0.05, 0) is 25.7 Å². The summed E-state index contributed by atoms with van der Waals surface area (Å²) in [7, 11) is 2.05. The molecule has 1 aromatic carbocycles. The van der Waals surface area contributed by atoms with Gasteiger partial charge in [-0.15, -0.1) is 11.3 Å². The fourth-order valence-electron chi connectivity index (χ4n) is 2.58. The van der Waals surface area contributed by atoms with E-state index in [1.165, 1.54) is 12.8 Å². The molecule has 3 rings (SSSR count). The highest BCUT2D eigenvalue weighted by Gasteiger charge is 2.21. The summed E-state index contributed by atoms with van der Waals surface area (Å²) in [6.07, 6.45) is 2.66. The monoisotopic (exact) mass is 372 g/mol. The number of rotatable bonds is 9. The van der Waals surface area contributed by atoms with Crippen molar-refractivity contribution in [2.24, 2.45) is 10.9 Å². The maximum absolute atomic E-state index is 5.74. The summed E-state index contributed by atoms with van der Waals surface area (Å²) in [5.74, 6) is 1.71. The first-order chi connectivity index (χ1) is 12.8. The van der Waals surface area contributed by atoms with E-state index >= 15 is 0 Å². The van der Waals surface area contributed by atoms with Crippen molar-refractivity contribution >= 4 is 17.3 Å². The molecule has 0 radical (unpaired) electrons. The third-order valence-electron chi connectivity index (χ3n) is 4.30. The van der Waals surface area contributed by atoms with E-state index in [-0.39, 0.29) is 0 Å². The molecule has 0 amide bonds. The zero-order chi connectivity index (χ0) is 18.2. The molecular formula is C20H28N4OS. The van der Waals surface area contributed by atoms with Crippen LogP contribution in [0.15, 0.2) is 40.7 Å². The van der Waals surface area contributed by atoms with Crippen LogP contribution in [0.2, 0.25) is 0 Å². The summed E-state index contributed by atoms with van der Waals surface area (Å²) in [6, 6.07) is 10.3. The maximum Gasteiger partial charge on any atom is 0.194 e. The normalized spacial score (nSPS) is 14.5. The number of aliphatic imine (C=N–C) groups is 1. The Balaban J connectivity index is 1.53. The summed E-state index contributed by atoms with van der Waals surface area (Å²) < 4.78 is 5.74. The van der Waals surface area contributed by atoms with Gasteiger partial charge in [-0.25, -0.2) is 9.98 Å². The number of hydrogen-bond donors (Lipinski definition) is 1. The molecule has 1 aromatic heterocycles. The first-order valence-corrected chi connectivity index (χ1v) is 10.2. The topological polar surface area (TPSA) is 49.8 Å². The highest BCUT2D eigenvalue weighted by atomic mass is 32.1. The number of ether oxygens (including phenoxy) is 1. The van der Waals surface area contributed by atoms with Gasteiger partial charge in [0.25, 0.3) is 0 Å². The highest BCUT2D eigenvalue weighted by molar-refractivity contribution is 7.09. The summed E-state index contributed by atoms with van der Waals surface area (Å²) in [5.41, 5.74) is 2.17. The van der Waals surface area contributed by atoms with Crippen molar-refractivity contribution in [3.63, 3.8) is 0 Å². The molecular weight excluding hydrogens is 344 g/mol. The molecule has 1 aliphatic carbocycles. The number of hydrogen-bond acceptors (Lipinski definition) is 4. The van der Waals surface area contributed by atoms with Gasteiger partial charge < -0.3 is 15.0 Å². The van der Waals surface area contributed by atoms with Crippen LogP contribution >= 0.6 is 11.3 Å². The fourth-order valence-corrected chi connectivity index (χ4v) is 3.31. The minimum atomic E-state index is 0.590. The maximum atomic E-state index is 5.74. The van der Waals surface area contributed by atoms with Crippen LogP contribution in [-0.4, -0.2) is 49.2 Å². The molecule has 1 aliphatic rings. The molecule has 0 saturated heterocycles. The first-order valence-electron chi connectivity index (χ1n) is 9.33. The lowest BCUT2D eigenvalue weighted by Crippen LogP contribution is -2.40. The third kappa shape index (κ3) is 5.81. The first kappa shape index (κ1) is 18.9. The van der Waals surface area contributed by atoms with E-state index in [0.717, 1.165) is 54.4 Å². The Bertz CT molecular complexity index is 697. The van der Waals surface area contributed by atoms with Gasteiger partial charge in [0.1, 0.15) is 5.01 Å². The van der Waals surface area contributed by atoms with E-state index in [2.05, 4.69) is 41.7 Å². The Morgan fingerprint density at radius 2 is 2.15 bits per heavy atom. The molecule has 0 atom stereocenters. The van der Waals surface area contributed by atoms with Crippen molar-refractivity contribution in [2.75, 3.05) is 33.4 Å². The highest BCUT2D eigenvalue weighted by Crippen LogP contribution is 2.28. The quantitative estimate of drug-likeness (QED) is 0.415. The van der Waals surface area contributed by atoms with E-state index < -0.39 is 0 Å². The number of aromatic nitrogens is 1. The van der Waals surface area contributed by atoms with Crippen LogP contribution in [0, 0.1) is 5.92 Å². The van der Waals surface area contributed by atoms with Gasteiger partial charge >= 0.3 is 0 Å². The van der Waals surface area contributed by atoms with Crippen LogP contribution in [-0.2, 0) is 11.3 Å². The number of nitrogens with zero attached hydrogens (tertiary/aromatic N) is 3. The Kier molecular flexibility index (Phi) is 7.03. The van der Waals surface area contributed by atoms with E-state index in [0.29, 0.717) is 6.54 Å². The SMILES string of the molecule is CCNC(=NCc1nc(-c2ccccc2)cs1)N(C)CCOCC1CC1. The number of thiazole rings is 1. The van der Waals surface area contributed by atoms with Crippen LogP contribution in [0.5, 0.6) is 0 Å². The van der Waals surface area contributed by atoms with Crippen molar-refractivity contribution in [3.05, 3.63) is 40.7 Å². The Morgan fingerprint density at radius 3 is 2.88 bits per heavy atom. The predicted molar refractivity (Wildman–Crippen MR) is 109 cm³/mol. The van der Waals surface area contributed by atoms with Crippen molar-refractivity contribution in [2.45, 2.75) is 26.3 Å². The molecule has 140 valence electrons. The summed E-state index contributed by atoms with van der Waals surface area (Å²) in [4.78, 5) is 11.6. The molecule has 2 aromatic rings. The Hall–Kier alpha value is -1.92. The summed E-state index contributed by atoms with van der Waals surface area (Å²) >= 11 is 1.66. The molecule has 6 heteroatoms. The van der Waals surface area contributed by atoms with Crippen LogP contribution in [0.25, 0.3) is 11.3 Å². The largest absolute Gasteiger partial charge is 0.379 e. The Morgan fingerprint density at radius 1 is 1.35 bits per heavy atom. The van der Waals surface area contributed by atoms with Crippen molar-refractivity contribution in [3.8, 4) is 11.3 Å². The number of guanidine groups is 1. The molecule has 1 fully saturated rings. The molecule has 26 heavy (non-hydrogen) atoms. The number of nitrogens with one attached hydrogen (secondary N) is 1. The molecule has 1 N–H and O–H groups in total. The number of likely N-dealkylation sites (N-methyl/N-ethyl adjacent to an activating group) is 1. The second kappa shape index (κ2) is 9.69. The van der Waals surface area contributed by atoms with Crippen LogP contribution < -0.4 is 5.32 Å². The molecule has 1 saturated carbocycles. The van der Waals surface area contributed by atoms with Crippen LogP contribution in [0.3, 0.4) is 0 Å². The summed E-state index contributed by atoms with van der Waals surface area (Å²) in [6.45, 7) is 6.01. The number of benzene rings is 1. The zero-order valence-electron chi connectivity index (χ0n) is 15.6. The van der Waals surface area contributed by atoms with Gasteiger partial charge in [0.2, 0.25) is 0 Å². The lowest BCUT2D eigenvalue weighted by atomic mass is 10.2. The average molecular weight is 373 g/mol. The second-order valence-corrected chi connectivity index (χ2v) is 7.55. The molecule has 1 heterocycles. The second-order valence-electron chi connectivity index (χ2n) is 6.60. The van der Waals surface area contributed by atoms with Crippen molar-refractivity contribution in [1.29, 1.82) is 0 Å². The molecule has 0 unspecified atom stereocenters. The molecule has 0 aliphatic heterocycles. The Labute approximate surface area is 160 Å². The van der Waals surface area contributed by atoms with E-state index in [1.807, 2.05) is 18.2 Å². The molecule has 5 nitrogen and oxygen atoms in total.